The van der Waals surface area contributed by atoms with Crippen LogP contribution in [0.5, 0.6) is 11.5 Å². The van der Waals surface area contributed by atoms with Crippen LogP contribution in [0.4, 0.5) is 5.69 Å². The lowest BCUT2D eigenvalue weighted by Crippen LogP contribution is -2.36. The van der Waals surface area contributed by atoms with E-state index in [1.54, 1.807) is 36.6 Å². The molecule has 4 aromatic rings. The van der Waals surface area contributed by atoms with E-state index in [4.69, 9.17) is 18.2 Å². The van der Waals surface area contributed by atoms with E-state index in [0.29, 0.717) is 36.0 Å². The molecule has 0 saturated heterocycles. The number of rotatable bonds is 11. The van der Waals surface area contributed by atoms with Gasteiger partial charge in [0, 0.05) is 24.8 Å². The van der Waals surface area contributed by atoms with Gasteiger partial charge < -0.3 is 18.9 Å². The van der Waals surface area contributed by atoms with Crippen molar-refractivity contribution < 1.29 is 40.0 Å². The standard InChI is InChI=1S/C26H26N2O8S3/c1-34-19-9-10-22-21(16-19)27(13-5-15-39(31,32)33)24(36-22)17-25-28(12-4-14-35-38(29)30)26-20-7-3-2-6-18(20)8-11-23(26)37-25/h2-3,6-11,16-17H,4-5,12-15H2,1H3,(H-,29,30,31,32,33). The minimum atomic E-state index is -4.36. The second-order valence-electron chi connectivity index (χ2n) is 8.80. The van der Waals surface area contributed by atoms with Crippen LogP contribution in [0.3, 0.4) is 0 Å². The van der Waals surface area contributed by atoms with Crippen molar-refractivity contribution in [3.05, 3.63) is 65.5 Å². The predicted molar refractivity (Wildman–Crippen MR) is 149 cm³/mol. The zero-order valence-corrected chi connectivity index (χ0v) is 23.4. The van der Waals surface area contributed by atoms with Gasteiger partial charge in [-0.15, -0.1) is 0 Å². The Bertz CT molecular complexity index is 1680. The molecule has 0 radical (unpaired) electrons. The van der Waals surface area contributed by atoms with Gasteiger partial charge in [-0.25, -0.2) is 8.42 Å². The highest BCUT2D eigenvalue weighted by Gasteiger charge is 2.30. The monoisotopic (exact) mass is 590 g/mol. The van der Waals surface area contributed by atoms with Crippen LogP contribution in [-0.2, 0) is 32.2 Å². The molecule has 0 spiro atoms. The predicted octanol–water partition coefficient (Wildman–Crippen LogP) is 4.03. The first kappa shape index (κ1) is 27.5. The fourth-order valence-corrected chi connectivity index (χ4v) is 6.48. The summed E-state index contributed by atoms with van der Waals surface area (Å²) < 4.78 is 73.3. The van der Waals surface area contributed by atoms with E-state index in [2.05, 4.69) is 22.8 Å². The normalized spacial score (nSPS) is 15.2. The quantitative estimate of drug-likeness (QED) is 0.119. The summed E-state index contributed by atoms with van der Waals surface area (Å²) in [5.74, 6) is 1.20. The third-order valence-corrected chi connectivity index (χ3v) is 8.54. The maximum Gasteiger partial charge on any atom is 0.301 e. The fourth-order valence-electron chi connectivity index (χ4n) is 4.61. The molecule has 1 aliphatic rings. The molecule has 39 heavy (non-hydrogen) atoms. The first-order chi connectivity index (χ1) is 18.7. The molecule has 1 aromatic heterocycles. The third kappa shape index (κ3) is 6.24. The third-order valence-electron chi connectivity index (χ3n) is 6.28. The van der Waals surface area contributed by atoms with E-state index < -0.39 is 27.2 Å². The molecule has 10 nitrogen and oxygen atoms in total. The summed E-state index contributed by atoms with van der Waals surface area (Å²) >= 11 is -0.767. The lowest BCUT2D eigenvalue weighted by atomic mass is 10.1. The Balaban J connectivity index is 1.58. The first-order valence-corrected chi connectivity index (χ1v) is 15.5. The van der Waals surface area contributed by atoms with E-state index in [9.17, 15) is 17.2 Å². The number of ether oxygens (including phenoxy) is 2. The van der Waals surface area contributed by atoms with Gasteiger partial charge in [0.1, 0.15) is 10.4 Å². The van der Waals surface area contributed by atoms with Crippen molar-refractivity contribution in [3.8, 4) is 11.5 Å². The van der Waals surface area contributed by atoms with Gasteiger partial charge >= 0.3 is 11.4 Å². The Morgan fingerprint density at radius 1 is 1.18 bits per heavy atom. The summed E-state index contributed by atoms with van der Waals surface area (Å²) in [6.07, 6.45) is 2.50. The van der Waals surface area contributed by atoms with Gasteiger partial charge in [0.25, 0.3) is 5.01 Å². The Kier molecular flexibility index (Phi) is 8.16. The van der Waals surface area contributed by atoms with Gasteiger partial charge in [0.05, 0.1) is 41.0 Å². The van der Waals surface area contributed by atoms with Gasteiger partial charge in [0.15, 0.2) is 12.3 Å². The highest BCUT2D eigenvalue weighted by molar-refractivity contribution is 7.85. The number of thiazole rings is 1. The Hall–Kier alpha value is -3.07. The number of hydrogen-bond acceptors (Lipinski definition) is 9. The second kappa shape index (κ2) is 11.6. The number of aromatic nitrogens is 1. The first-order valence-electron chi connectivity index (χ1n) is 12.1. The lowest BCUT2D eigenvalue weighted by Gasteiger charge is -2.18. The molecule has 0 amide bonds. The Labute approximate surface area is 232 Å². The average Bonchev–Trinajstić information content (AvgIpc) is 3.43. The van der Waals surface area contributed by atoms with Crippen LogP contribution >= 0.6 is 11.3 Å². The maximum absolute atomic E-state index is 11.3. The highest BCUT2D eigenvalue weighted by atomic mass is 32.2. The van der Waals surface area contributed by atoms with Crippen molar-refractivity contribution in [3.63, 3.8) is 0 Å². The molecular formula is C26H26N2O8S3. The largest absolute Gasteiger partial charge is 0.748 e. The summed E-state index contributed by atoms with van der Waals surface area (Å²) in [5.41, 5.74) is 1.73. The summed E-state index contributed by atoms with van der Waals surface area (Å²) in [4.78, 5) is 1.84. The van der Waals surface area contributed by atoms with Gasteiger partial charge in [-0.1, -0.05) is 35.6 Å². The van der Waals surface area contributed by atoms with Crippen molar-refractivity contribution in [1.29, 1.82) is 0 Å². The van der Waals surface area contributed by atoms with Gasteiger partial charge in [-0.3, -0.25) is 8.74 Å². The van der Waals surface area contributed by atoms with Gasteiger partial charge in [0.2, 0.25) is 11.4 Å². The summed E-state index contributed by atoms with van der Waals surface area (Å²) in [7, 11) is -2.80. The summed E-state index contributed by atoms with van der Waals surface area (Å²) in [6.45, 7) is 0.864. The second-order valence-corrected chi connectivity index (χ2v) is 12.1. The Morgan fingerprint density at radius 3 is 2.77 bits per heavy atom. The molecule has 206 valence electrons. The molecule has 0 saturated carbocycles. The molecule has 0 bridgehead atoms. The van der Waals surface area contributed by atoms with E-state index in [1.807, 2.05) is 29.2 Å². The topological polar surface area (TPSA) is 129 Å². The van der Waals surface area contributed by atoms with E-state index in [1.165, 1.54) is 0 Å². The van der Waals surface area contributed by atoms with Crippen LogP contribution in [0.2, 0.25) is 0 Å². The van der Waals surface area contributed by atoms with E-state index in [-0.39, 0.29) is 19.6 Å². The van der Waals surface area contributed by atoms with Crippen LogP contribution in [0, 0.1) is 0 Å². The summed E-state index contributed by atoms with van der Waals surface area (Å²) in [5, 5.41) is 3.02. The SMILES string of the molecule is COc1ccc2c(c1)N(CCCS(=O)(=O)[O-])C(=Cc1sc3ccc4ccccc4c3[n+]1CCCOS(=O)O)O2. The molecule has 0 aliphatic carbocycles. The fraction of sp³-hybridized carbons (Fsp3) is 0.269. The van der Waals surface area contributed by atoms with Crippen LogP contribution < -0.4 is 18.9 Å². The van der Waals surface area contributed by atoms with Crippen LogP contribution in [0.15, 0.2) is 60.5 Å². The smallest absolute Gasteiger partial charge is 0.301 e. The number of hydrogen-bond donors (Lipinski definition) is 1. The molecule has 0 fully saturated rings. The molecule has 1 N–H and O–H groups in total. The molecule has 2 heterocycles. The number of fused-ring (bicyclic) bond motifs is 4. The molecule has 1 atom stereocenters. The molecule has 1 aliphatic heterocycles. The van der Waals surface area contributed by atoms with Crippen molar-refractivity contribution in [1.82, 2.24) is 0 Å². The number of benzene rings is 3. The van der Waals surface area contributed by atoms with E-state index >= 15 is 0 Å². The van der Waals surface area contributed by atoms with E-state index in [0.717, 1.165) is 26.0 Å². The van der Waals surface area contributed by atoms with Crippen molar-refractivity contribution in [2.24, 2.45) is 0 Å². The maximum atomic E-state index is 11.3. The highest BCUT2D eigenvalue weighted by Crippen LogP contribution is 2.42. The molecule has 13 heteroatoms. The van der Waals surface area contributed by atoms with Crippen LogP contribution in [-0.4, -0.2) is 47.7 Å². The zero-order chi connectivity index (χ0) is 27.6. The minimum Gasteiger partial charge on any atom is -0.748 e. The number of nitrogens with zero attached hydrogens (tertiary/aromatic N) is 2. The molecule has 5 rings (SSSR count). The molecular weight excluding hydrogens is 564 g/mol. The van der Waals surface area contributed by atoms with Crippen molar-refractivity contribution in [2.75, 3.05) is 30.9 Å². The van der Waals surface area contributed by atoms with Gasteiger partial charge in [-0.2, -0.15) is 8.78 Å². The Morgan fingerprint density at radius 2 is 2.00 bits per heavy atom. The molecule has 1 unspecified atom stereocenters. The van der Waals surface area contributed by atoms with Crippen molar-refractivity contribution >= 4 is 65.6 Å². The average molecular weight is 591 g/mol. The zero-order valence-electron chi connectivity index (χ0n) is 20.9. The molecule has 3 aromatic carbocycles. The van der Waals surface area contributed by atoms with Crippen LogP contribution in [0.25, 0.3) is 27.1 Å². The number of methoxy groups -OCH3 is 1. The lowest BCUT2D eigenvalue weighted by molar-refractivity contribution is -0.668. The number of aryl methyl sites for hydroxylation is 1. The van der Waals surface area contributed by atoms with Gasteiger partial charge in [-0.05, 0) is 36.1 Å². The summed E-state index contributed by atoms with van der Waals surface area (Å²) in [6, 6.07) is 17.6. The number of anilines is 1. The van der Waals surface area contributed by atoms with Crippen molar-refractivity contribution in [2.45, 2.75) is 19.4 Å². The minimum absolute atomic E-state index is 0.103. The van der Waals surface area contributed by atoms with Crippen LogP contribution in [0.1, 0.15) is 17.8 Å².